The molecule has 1 heterocycles. The molecule has 1 aliphatic heterocycles. The predicted octanol–water partition coefficient (Wildman–Crippen LogP) is 0.537. The summed E-state index contributed by atoms with van der Waals surface area (Å²) in [6.45, 7) is 3.46. The molecule has 7 heteroatoms. The van der Waals surface area contributed by atoms with Crippen molar-refractivity contribution < 1.29 is 13.2 Å². The molecule has 1 aromatic rings. The average molecular weight is 313 g/mol. The van der Waals surface area contributed by atoms with Gasteiger partial charge in [-0.15, -0.1) is 0 Å². The molecule has 0 bridgehead atoms. The fraction of sp³-hybridized carbons (Fsp3) is 0.571. The first-order valence-corrected chi connectivity index (χ1v) is 8.60. The van der Waals surface area contributed by atoms with Crippen LogP contribution < -0.4 is 10.1 Å². The molecule has 1 fully saturated rings. The standard InChI is InChI=1S/C14H23N3O3S/c1-16(21(18,19)17-11-8-15-9-12-17)10-5-13-20-14-6-3-2-4-7-14/h2-4,6-7,15H,5,8-13H2,1H3. The van der Waals surface area contributed by atoms with E-state index in [-0.39, 0.29) is 0 Å². The second kappa shape index (κ2) is 7.74. The van der Waals surface area contributed by atoms with Crippen LogP contribution in [0.2, 0.25) is 0 Å². The summed E-state index contributed by atoms with van der Waals surface area (Å²) < 4.78 is 33.2. The van der Waals surface area contributed by atoms with Crippen molar-refractivity contribution in [1.82, 2.24) is 13.9 Å². The molecule has 1 N–H and O–H groups in total. The van der Waals surface area contributed by atoms with Gasteiger partial charge in [-0.05, 0) is 18.6 Å². The Morgan fingerprint density at radius 3 is 2.57 bits per heavy atom. The molecule has 118 valence electrons. The molecule has 0 aliphatic carbocycles. The summed E-state index contributed by atoms with van der Waals surface area (Å²) in [7, 11) is -1.71. The van der Waals surface area contributed by atoms with Gasteiger partial charge in [0.2, 0.25) is 0 Å². The van der Waals surface area contributed by atoms with E-state index in [1.165, 1.54) is 8.61 Å². The molecule has 0 amide bonds. The highest BCUT2D eigenvalue weighted by Crippen LogP contribution is 2.10. The lowest BCUT2D eigenvalue weighted by Crippen LogP contribution is -2.51. The number of ether oxygens (including phenoxy) is 1. The van der Waals surface area contributed by atoms with Crippen molar-refractivity contribution in [3.63, 3.8) is 0 Å². The Balaban J connectivity index is 1.74. The Morgan fingerprint density at radius 2 is 1.90 bits per heavy atom. The zero-order chi connectivity index (χ0) is 15.1. The van der Waals surface area contributed by atoms with Crippen molar-refractivity contribution in [1.29, 1.82) is 0 Å². The maximum absolute atomic E-state index is 12.3. The number of nitrogens with zero attached hydrogens (tertiary/aromatic N) is 2. The van der Waals surface area contributed by atoms with E-state index in [2.05, 4.69) is 5.32 Å². The van der Waals surface area contributed by atoms with Gasteiger partial charge in [-0.1, -0.05) is 18.2 Å². The Morgan fingerprint density at radius 1 is 1.24 bits per heavy atom. The van der Waals surface area contributed by atoms with Crippen molar-refractivity contribution in [2.45, 2.75) is 6.42 Å². The van der Waals surface area contributed by atoms with Gasteiger partial charge in [0.05, 0.1) is 6.61 Å². The van der Waals surface area contributed by atoms with E-state index in [1.807, 2.05) is 30.3 Å². The summed E-state index contributed by atoms with van der Waals surface area (Å²) in [5, 5.41) is 3.15. The van der Waals surface area contributed by atoms with E-state index in [9.17, 15) is 8.42 Å². The number of benzene rings is 1. The Bertz CT molecular complexity index is 516. The Kier molecular flexibility index (Phi) is 5.98. The minimum Gasteiger partial charge on any atom is -0.494 e. The van der Waals surface area contributed by atoms with Gasteiger partial charge in [-0.25, -0.2) is 0 Å². The fourth-order valence-electron chi connectivity index (χ4n) is 2.18. The van der Waals surface area contributed by atoms with Gasteiger partial charge in [0, 0.05) is 39.8 Å². The normalized spacial score (nSPS) is 17.0. The van der Waals surface area contributed by atoms with E-state index in [0.29, 0.717) is 45.8 Å². The summed E-state index contributed by atoms with van der Waals surface area (Å²) >= 11 is 0. The molecule has 6 nitrogen and oxygen atoms in total. The van der Waals surface area contributed by atoms with Gasteiger partial charge in [-0.3, -0.25) is 0 Å². The van der Waals surface area contributed by atoms with Crippen LogP contribution in [-0.2, 0) is 10.2 Å². The second-order valence-corrected chi connectivity index (χ2v) is 7.03. The largest absolute Gasteiger partial charge is 0.494 e. The van der Waals surface area contributed by atoms with Gasteiger partial charge >= 0.3 is 0 Å². The lowest BCUT2D eigenvalue weighted by molar-refractivity contribution is 0.285. The van der Waals surface area contributed by atoms with Gasteiger partial charge in [0.1, 0.15) is 5.75 Å². The van der Waals surface area contributed by atoms with E-state index in [1.54, 1.807) is 7.05 Å². The third kappa shape index (κ3) is 4.67. The van der Waals surface area contributed by atoms with Crippen LogP contribution in [0.15, 0.2) is 30.3 Å². The Labute approximate surface area is 126 Å². The second-order valence-electron chi connectivity index (χ2n) is 4.99. The smallest absolute Gasteiger partial charge is 0.281 e. The molecule has 1 aromatic carbocycles. The molecule has 2 rings (SSSR count). The number of nitrogens with one attached hydrogen (secondary N) is 1. The maximum atomic E-state index is 12.3. The highest BCUT2D eigenvalue weighted by molar-refractivity contribution is 7.86. The van der Waals surface area contributed by atoms with E-state index >= 15 is 0 Å². The van der Waals surface area contributed by atoms with Gasteiger partial charge in [-0.2, -0.15) is 17.0 Å². The summed E-state index contributed by atoms with van der Waals surface area (Å²) in [6, 6.07) is 9.54. The molecule has 0 saturated carbocycles. The third-order valence-corrected chi connectivity index (χ3v) is 5.41. The van der Waals surface area contributed by atoms with Gasteiger partial charge in [0.15, 0.2) is 0 Å². The minimum atomic E-state index is -3.34. The van der Waals surface area contributed by atoms with Gasteiger partial charge < -0.3 is 10.1 Å². The summed E-state index contributed by atoms with van der Waals surface area (Å²) in [6.07, 6.45) is 0.663. The van der Waals surface area contributed by atoms with Crippen LogP contribution >= 0.6 is 0 Å². The monoisotopic (exact) mass is 313 g/mol. The van der Waals surface area contributed by atoms with Gasteiger partial charge in [0.25, 0.3) is 10.2 Å². The SMILES string of the molecule is CN(CCCOc1ccccc1)S(=O)(=O)N1CCNCC1. The Hall–Kier alpha value is -1.15. The van der Waals surface area contributed by atoms with Crippen LogP contribution in [0.4, 0.5) is 0 Å². The number of hydrogen-bond donors (Lipinski definition) is 1. The molecular formula is C14H23N3O3S. The lowest BCUT2D eigenvalue weighted by Gasteiger charge is -2.30. The van der Waals surface area contributed by atoms with Crippen LogP contribution in [0.1, 0.15) is 6.42 Å². The molecule has 0 spiro atoms. The van der Waals surface area contributed by atoms with Crippen molar-refractivity contribution in [2.75, 3.05) is 46.4 Å². The quantitative estimate of drug-likeness (QED) is 0.746. The molecule has 1 saturated heterocycles. The highest BCUT2D eigenvalue weighted by Gasteiger charge is 2.27. The zero-order valence-electron chi connectivity index (χ0n) is 12.4. The molecular weight excluding hydrogens is 290 g/mol. The van der Waals surface area contributed by atoms with Crippen molar-refractivity contribution in [2.24, 2.45) is 0 Å². The number of rotatable bonds is 7. The zero-order valence-corrected chi connectivity index (χ0v) is 13.2. The molecule has 0 radical (unpaired) electrons. The molecule has 0 aromatic heterocycles. The lowest BCUT2D eigenvalue weighted by atomic mass is 10.3. The predicted molar refractivity (Wildman–Crippen MR) is 82.5 cm³/mol. The average Bonchev–Trinajstić information content (AvgIpc) is 2.53. The first kappa shape index (κ1) is 16.2. The first-order valence-electron chi connectivity index (χ1n) is 7.20. The van der Waals surface area contributed by atoms with E-state index in [4.69, 9.17) is 4.74 Å². The van der Waals surface area contributed by atoms with Crippen LogP contribution in [0, 0.1) is 0 Å². The van der Waals surface area contributed by atoms with Crippen LogP contribution in [0.5, 0.6) is 5.75 Å². The third-order valence-electron chi connectivity index (χ3n) is 3.43. The van der Waals surface area contributed by atoms with E-state index in [0.717, 1.165) is 5.75 Å². The molecule has 21 heavy (non-hydrogen) atoms. The highest BCUT2D eigenvalue weighted by atomic mass is 32.2. The minimum absolute atomic E-state index is 0.457. The fourth-order valence-corrected chi connectivity index (χ4v) is 3.58. The molecule has 0 unspecified atom stereocenters. The van der Waals surface area contributed by atoms with Crippen molar-refractivity contribution >= 4 is 10.2 Å². The molecule has 0 atom stereocenters. The van der Waals surface area contributed by atoms with E-state index < -0.39 is 10.2 Å². The topological polar surface area (TPSA) is 61.9 Å². The first-order chi connectivity index (χ1) is 10.1. The molecule has 1 aliphatic rings. The summed E-state index contributed by atoms with van der Waals surface area (Å²) in [5.41, 5.74) is 0. The number of hydrogen-bond acceptors (Lipinski definition) is 4. The number of para-hydroxylation sites is 1. The van der Waals surface area contributed by atoms with Crippen molar-refractivity contribution in [3.05, 3.63) is 30.3 Å². The van der Waals surface area contributed by atoms with Crippen molar-refractivity contribution in [3.8, 4) is 5.75 Å². The van der Waals surface area contributed by atoms with Crippen LogP contribution in [-0.4, -0.2) is 63.4 Å². The summed E-state index contributed by atoms with van der Waals surface area (Å²) in [4.78, 5) is 0. The number of piperazine rings is 1. The summed E-state index contributed by atoms with van der Waals surface area (Å²) in [5.74, 6) is 0.810. The van der Waals surface area contributed by atoms with Crippen LogP contribution in [0.25, 0.3) is 0 Å². The van der Waals surface area contributed by atoms with Crippen LogP contribution in [0.3, 0.4) is 0 Å². The maximum Gasteiger partial charge on any atom is 0.281 e.